The fourth-order valence-corrected chi connectivity index (χ4v) is 4.49. The number of carbonyl (C=O) groups excluding carboxylic acids is 2. The first-order valence-corrected chi connectivity index (χ1v) is 9.39. The molecule has 2 rings (SSSR count). The smallest absolute Gasteiger partial charge is 0.337 e. The standard InChI is InChI=1S/C13H14BrClN2O5S/c1-22-13(19)8-3-9(14)12(10(15)4-8)17-5-7(2-11(17)18)6-23(16,20)21/h3-4,7H,2,5-6H2,1H3,(H2,16,20,21). The molecule has 1 heterocycles. The fourth-order valence-electron chi connectivity index (χ4n) is 2.50. The molecule has 0 radical (unpaired) electrons. The summed E-state index contributed by atoms with van der Waals surface area (Å²) in [5.74, 6) is -1.49. The van der Waals surface area contributed by atoms with E-state index in [0.717, 1.165) is 0 Å². The molecule has 10 heteroatoms. The third kappa shape index (κ3) is 4.23. The molecular weight excluding hydrogens is 412 g/mol. The number of sulfonamides is 1. The maximum atomic E-state index is 12.2. The van der Waals surface area contributed by atoms with Crippen molar-refractivity contribution < 1.29 is 22.7 Å². The highest BCUT2D eigenvalue weighted by Crippen LogP contribution is 2.38. The molecule has 1 aromatic carbocycles. The quantitative estimate of drug-likeness (QED) is 0.736. The van der Waals surface area contributed by atoms with E-state index in [1.165, 1.54) is 24.1 Å². The van der Waals surface area contributed by atoms with Gasteiger partial charge in [0.05, 0.1) is 29.1 Å². The van der Waals surface area contributed by atoms with Crippen LogP contribution in [0.2, 0.25) is 5.02 Å². The van der Waals surface area contributed by atoms with Gasteiger partial charge in [0.25, 0.3) is 0 Å². The molecule has 0 spiro atoms. The van der Waals surface area contributed by atoms with Crippen LogP contribution >= 0.6 is 27.5 Å². The van der Waals surface area contributed by atoms with Crippen molar-refractivity contribution in [1.29, 1.82) is 0 Å². The van der Waals surface area contributed by atoms with Gasteiger partial charge in [-0.1, -0.05) is 11.6 Å². The summed E-state index contributed by atoms with van der Waals surface area (Å²) in [6, 6.07) is 2.89. The number of rotatable bonds is 4. The number of amides is 1. The van der Waals surface area contributed by atoms with E-state index < -0.39 is 21.9 Å². The lowest BCUT2D eigenvalue weighted by atomic mass is 10.1. The van der Waals surface area contributed by atoms with E-state index in [1.54, 1.807) is 0 Å². The Bertz CT molecular complexity index is 745. The number of primary sulfonamides is 1. The molecule has 1 aliphatic heterocycles. The summed E-state index contributed by atoms with van der Waals surface area (Å²) >= 11 is 9.47. The van der Waals surface area contributed by atoms with E-state index in [9.17, 15) is 18.0 Å². The SMILES string of the molecule is COC(=O)c1cc(Cl)c(N2CC(CS(N)(=O)=O)CC2=O)c(Br)c1. The summed E-state index contributed by atoms with van der Waals surface area (Å²) in [6.07, 6.45) is 0.0674. The van der Waals surface area contributed by atoms with Crippen molar-refractivity contribution in [2.24, 2.45) is 11.1 Å². The van der Waals surface area contributed by atoms with Crippen LogP contribution in [0.4, 0.5) is 5.69 Å². The van der Waals surface area contributed by atoms with E-state index in [1.807, 2.05) is 0 Å². The molecule has 23 heavy (non-hydrogen) atoms. The highest BCUT2D eigenvalue weighted by Gasteiger charge is 2.35. The number of nitrogens with zero attached hydrogens (tertiary/aromatic N) is 1. The molecule has 1 aliphatic rings. The van der Waals surface area contributed by atoms with Gasteiger partial charge in [-0.3, -0.25) is 4.79 Å². The topological polar surface area (TPSA) is 107 Å². The fraction of sp³-hybridized carbons (Fsp3) is 0.385. The lowest BCUT2D eigenvalue weighted by Crippen LogP contribution is -2.28. The second-order valence-corrected chi connectivity index (χ2v) is 8.10. The Morgan fingerprint density at radius 1 is 1.52 bits per heavy atom. The number of carbonyl (C=O) groups is 2. The lowest BCUT2D eigenvalue weighted by Gasteiger charge is -2.20. The number of anilines is 1. The van der Waals surface area contributed by atoms with Crippen LogP contribution in [0.1, 0.15) is 16.8 Å². The first kappa shape index (κ1) is 18.2. The number of methoxy groups -OCH3 is 1. The molecule has 1 atom stereocenters. The van der Waals surface area contributed by atoms with Gasteiger partial charge < -0.3 is 9.64 Å². The summed E-state index contributed by atoms with van der Waals surface area (Å²) in [5.41, 5.74) is 0.627. The average Bonchev–Trinajstić information content (AvgIpc) is 2.75. The Balaban J connectivity index is 2.32. The van der Waals surface area contributed by atoms with Crippen LogP contribution in [0, 0.1) is 5.92 Å². The van der Waals surface area contributed by atoms with E-state index in [4.69, 9.17) is 16.7 Å². The van der Waals surface area contributed by atoms with Crippen LogP contribution in [0.5, 0.6) is 0 Å². The number of benzene rings is 1. The van der Waals surface area contributed by atoms with Gasteiger partial charge >= 0.3 is 5.97 Å². The molecule has 1 saturated heterocycles. The van der Waals surface area contributed by atoms with Gasteiger partial charge in [-0.15, -0.1) is 0 Å². The Morgan fingerprint density at radius 2 is 2.17 bits per heavy atom. The number of ether oxygens (including phenoxy) is 1. The first-order valence-electron chi connectivity index (χ1n) is 6.50. The van der Waals surface area contributed by atoms with Crippen molar-refractivity contribution >= 4 is 55.1 Å². The van der Waals surface area contributed by atoms with Crippen LogP contribution in [-0.4, -0.2) is 39.7 Å². The van der Waals surface area contributed by atoms with Crippen molar-refractivity contribution in [2.75, 3.05) is 24.3 Å². The van der Waals surface area contributed by atoms with Crippen molar-refractivity contribution in [3.63, 3.8) is 0 Å². The molecule has 7 nitrogen and oxygen atoms in total. The zero-order chi connectivity index (χ0) is 17.4. The second kappa shape index (κ2) is 6.76. The molecular formula is C13H14BrClN2O5S. The van der Waals surface area contributed by atoms with Gasteiger partial charge in [0.2, 0.25) is 15.9 Å². The Morgan fingerprint density at radius 3 is 2.70 bits per heavy atom. The number of nitrogens with two attached hydrogens (primary N) is 1. The largest absolute Gasteiger partial charge is 0.465 e. The summed E-state index contributed by atoms with van der Waals surface area (Å²) in [4.78, 5) is 25.1. The number of halogens is 2. The van der Waals surface area contributed by atoms with Gasteiger partial charge in [0.15, 0.2) is 0 Å². The van der Waals surface area contributed by atoms with Crippen molar-refractivity contribution in [2.45, 2.75) is 6.42 Å². The van der Waals surface area contributed by atoms with Crippen molar-refractivity contribution in [3.8, 4) is 0 Å². The minimum atomic E-state index is -3.66. The number of hydrogen-bond donors (Lipinski definition) is 1. The van der Waals surface area contributed by atoms with Gasteiger partial charge in [-0.2, -0.15) is 0 Å². The second-order valence-electron chi connectivity index (χ2n) is 5.18. The van der Waals surface area contributed by atoms with Crippen LogP contribution in [0.25, 0.3) is 0 Å². The number of esters is 1. The molecule has 0 saturated carbocycles. The van der Waals surface area contributed by atoms with Gasteiger partial charge in [0.1, 0.15) is 0 Å². The predicted octanol–water partition coefficient (Wildman–Crippen LogP) is 1.53. The summed E-state index contributed by atoms with van der Waals surface area (Å²) < 4.78 is 27.4. The Kier molecular flexibility index (Phi) is 5.34. The minimum absolute atomic E-state index is 0.0674. The summed E-state index contributed by atoms with van der Waals surface area (Å²) in [6.45, 7) is 0.186. The molecule has 0 bridgehead atoms. The van der Waals surface area contributed by atoms with Gasteiger partial charge in [-0.05, 0) is 28.1 Å². The lowest BCUT2D eigenvalue weighted by molar-refractivity contribution is -0.117. The first-order chi connectivity index (χ1) is 10.6. The highest BCUT2D eigenvalue weighted by molar-refractivity contribution is 9.10. The molecule has 1 fully saturated rings. The molecule has 1 unspecified atom stereocenters. The molecule has 126 valence electrons. The van der Waals surface area contributed by atoms with Crippen molar-refractivity contribution in [3.05, 3.63) is 27.2 Å². The zero-order valence-electron chi connectivity index (χ0n) is 12.1. The van der Waals surface area contributed by atoms with E-state index in [2.05, 4.69) is 20.7 Å². The van der Waals surface area contributed by atoms with Crippen LogP contribution in [0.3, 0.4) is 0 Å². The maximum absolute atomic E-state index is 12.2. The monoisotopic (exact) mass is 424 g/mol. The highest BCUT2D eigenvalue weighted by atomic mass is 79.9. The molecule has 1 amide bonds. The molecule has 0 aromatic heterocycles. The normalized spacial score (nSPS) is 18.3. The van der Waals surface area contributed by atoms with Gasteiger partial charge in [0, 0.05) is 23.4 Å². The third-order valence-corrected chi connectivity index (χ3v) is 5.21. The third-order valence-electron chi connectivity index (χ3n) is 3.38. The molecule has 1 aromatic rings. The summed E-state index contributed by atoms with van der Waals surface area (Å²) in [5, 5.41) is 5.21. The molecule has 0 aliphatic carbocycles. The maximum Gasteiger partial charge on any atom is 0.337 e. The van der Waals surface area contributed by atoms with Gasteiger partial charge in [-0.25, -0.2) is 18.4 Å². The van der Waals surface area contributed by atoms with Crippen LogP contribution in [-0.2, 0) is 19.6 Å². The molecule has 2 N–H and O–H groups in total. The number of hydrogen-bond acceptors (Lipinski definition) is 5. The predicted molar refractivity (Wildman–Crippen MR) is 88.9 cm³/mol. The Hall–Kier alpha value is -1.16. The minimum Gasteiger partial charge on any atom is -0.465 e. The van der Waals surface area contributed by atoms with Crippen LogP contribution in [0.15, 0.2) is 16.6 Å². The van der Waals surface area contributed by atoms with Crippen LogP contribution < -0.4 is 10.0 Å². The van der Waals surface area contributed by atoms with E-state index >= 15 is 0 Å². The van der Waals surface area contributed by atoms with Crippen molar-refractivity contribution in [1.82, 2.24) is 0 Å². The Labute approximate surface area is 146 Å². The zero-order valence-corrected chi connectivity index (χ0v) is 15.2. The van der Waals surface area contributed by atoms with E-state index in [0.29, 0.717) is 10.2 Å². The summed E-state index contributed by atoms with van der Waals surface area (Å²) in [7, 11) is -2.41. The van der Waals surface area contributed by atoms with E-state index in [-0.39, 0.29) is 35.2 Å². The average molecular weight is 426 g/mol.